The van der Waals surface area contributed by atoms with Crippen molar-refractivity contribution in [2.24, 2.45) is 22.7 Å². The fourth-order valence-electron chi connectivity index (χ4n) is 6.76. The van der Waals surface area contributed by atoms with Gasteiger partial charge in [-0.2, -0.15) is 0 Å². The van der Waals surface area contributed by atoms with Gasteiger partial charge in [-0.25, -0.2) is 0 Å². The molecule has 2 aliphatic carbocycles. The Morgan fingerprint density at radius 1 is 1.22 bits per heavy atom. The molecule has 0 aromatic heterocycles. The number of ether oxygens (including phenoxy) is 3. The topological polar surface area (TPSA) is 61.8 Å². The molecule has 5 heteroatoms. The van der Waals surface area contributed by atoms with Gasteiger partial charge >= 0.3 is 5.97 Å². The monoisotopic (exact) mass is 376 g/mol. The molecule has 0 N–H and O–H groups in total. The first-order valence-corrected chi connectivity index (χ1v) is 10.3. The molecule has 0 aromatic rings. The zero-order valence-electron chi connectivity index (χ0n) is 17.2. The van der Waals surface area contributed by atoms with Gasteiger partial charge in [0.15, 0.2) is 0 Å². The Morgan fingerprint density at radius 3 is 2.59 bits per heavy atom. The third-order valence-electron chi connectivity index (χ3n) is 8.39. The second-order valence-electron chi connectivity index (χ2n) is 9.99. The largest absolute Gasteiger partial charge is 0.498 e. The first-order valence-electron chi connectivity index (χ1n) is 10.3. The Bertz CT molecular complexity index is 697. The number of carbonyl (C=O) groups excluding carboxylic acids is 2. The van der Waals surface area contributed by atoms with Crippen LogP contribution in [0.2, 0.25) is 0 Å². The van der Waals surface area contributed by atoms with Crippen LogP contribution in [0.15, 0.2) is 12.3 Å². The second kappa shape index (κ2) is 5.82. The van der Waals surface area contributed by atoms with Crippen LogP contribution in [0.3, 0.4) is 0 Å². The zero-order chi connectivity index (χ0) is 19.7. The molecule has 0 aromatic carbocycles. The molecule has 3 fully saturated rings. The summed E-state index contributed by atoms with van der Waals surface area (Å²) < 4.78 is 18.0. The van der Waals surface area contributed by atoms with E-state index in [9.17, 15) is 9.59 Å². The van der Waals surface area contributed by atoms with E-state index in [1.165, 1.54) is 6.92 Å². The molecule has 0 bridgehead atoms. The van der Waals surface area contributed by atoms with Crippen molar-refractivity contribution in [2.45, 2.75) is 84.0 Å². The van der Waals surface area contributed by atoms with Crippen LogP contribution < -0.4 is 0 Å². The Labute approximate surface area is 161 Å². The van der Waals surface area contributed by atoms with E-state index in [4.69, 9.17) is 14.2 Å². The minimum Gasteiger partial charge on any atom is -0.498 e. The van der Waals surface area contributed by atoms with E-state index >= 15 is 0 Å². The quantitative estimate of drug-likeness (QED) is 0.652. The standard InChI is InChI=1S/C22H32O5/c1-14-16(24)12-17-19(3,4)18(26-15(2)23)6-7-20(17,5)22(14)9-8-21(27-22)10-11-25-13-21/h10-11,14,17-18H,6-9,12-13H2,1-5H3. The molecule has 1 saturated heterocycles. The van der Waals surface area contributed by atoms with Crippen molar-refractivity contribution < 1.29 is 23.8 Å². The summed E-state index contributed by atoms with van der Waals surface area (Å²) in [7, 11) is 0. The average molecular weight is 376 g/mol. The molecule has 150 valence electrons. The van der Waals surface area contributed by atoms with Gasteiger partial charge < -0.3 is 14.2 Å². The summed E-state index contributed by atoms with van der Waals surface area (Å²) in [5, 5.41) is 0. The van der Waals surface area contributed by atoms with E-state index in [1.54, 1.807) is 6.26 Å². The van der Waals surface area contributed by atoms with Gasteiger partial charge in [-0.1, -0.05) is 27.7 Å². The van der Waals surface area contributed by atoms with Crippen molar-refractivity contribution in [3.8, 4) is 0 Å². The Morgan fingerprint density at radius 2 is 1.96 bits per heavy atom. The molecule has 2 spiro atoms. The van der Waals surface area contributed by atoms with Crippen LogP contribution in [0, 0.1) is 22.7 Å². The van der Waals surface area contributed by atoms with Crippen LogP contribution >= 0.6 is 0 Å². The van der Waals surface area contributed by atoms with Crippen molar-refractivity contribution in [3.05, 3.63) is 12.3 Å². The molecule has 4 aliphatic rings. The van der Waals surface area contributed by atoms with Crippen LogP contribution in [0.5, 0.6) is 0 Å². The molecule has 6 unspecified atom stereocenters. The maximum absolute atomic E-state index is 13.1. The smallest absolute Gasteiger partial charge is 0.302 e. The summed E-state index contributed by atoms with van der Waals surface area (Å²) in [6.45, 7) is 10.7. The second-order valence-corrected chi connectivity index (χ2v) is 9.99. The lowest BCUT2D eigenvalue weighted by molar-refractivity contribution is -0.249. The molecule has 4 rings (SSSR count). The lowest BCUT2D eigenvalue weighted by Gasteiger charge is -2.64. The van der Waals surface area contributed by atoms with Gasteiger partial charge in [-0.05, 0) is 37.7 Å². The van der Waals surface area contributed by atoms with Crippen molar-refractivity contribution in [1.29, 1.82) is 0 Å². The van der Waals surface area contributed by atoms with E-state index in [1.807, 2.05) is 13.0 Å². The molecule has 2 aliphatic heterocycles. The number of hydrogen-bond acceptors (Lipinski definition) is 5. The summed E-state index contributed by atoms with van der Waals surface area (Å²) in [5.41, 5.74) is -1.29. The van der Waals surface area contributed by atoms with E-state index in [-0.39, 0.29) is 40.5 Å². The average Bonchev–Trinajstić information content (AvgIpc) is 3.21. The molecular weight excluding hydrogens is 344 g/mol. The van der Waals surface area contributed by atoms with E-state index in [0.717, 1.165) is 25.7 Å². The maximum atomic E-state index is 13.1. The van der Waals surface area contributed by atoms with Crippen molar-refractivity contribution in [3.63, 3.8) is 0 Å². The number of fused-ring (bicyclic) bond motifs is 2. The Hall–Kier alpha value is -1.36. The first-order chi connectivity index (χ1) is 12.6. The van der Waals surface area contributed by atoms with Crippen molar-refractivity contribution in [1.82, 2.24) is 0 Å². The minimum absolute atomic E-state index is 0.119. The number of esters is 1. The third kappa shape index (κ3) is 2.46. The highest BCUT2D eigenvalue weighted by atomic mass is 16.6. The Balaban J connectivity index is 1.75. The number of rotatable bonds is 1. The van der Waals surface area contributed by atoms with E-state index < -0.39 is 11.2 Å². The van der Waals surface area contributed by atoms with Crippen LogP contribution in [0.4, 0.5) is 0 Å². The molecule has 6 atom stereocenters. The van der Waals surface area contributed by atoms with Crippen molar-refractivity contribution >= 4 is 11.8 Å². The van der Waals surface area contributed by atoms with Gasteiger partial charge in [0.1, 0.15) is 24.1 Å². The maximum Gasteiger partial charge on any atom is 0.302 e. The number of ketones is 1. The molecular formula is C22H32O5. The van der Waals surface area contributed by atoms with Crippen LogP contribution in [0.25, 0.3) is 0 Å². The molecule has 27 heavy (non-hydrogen) atoms. The summed E-state index contributed by atoms with van der Waals surface area (Å²) >= 11 is 0. The first kappa shape index (κ1) is 19.0. The number of Topliss-reactive ketones (excluding diaryl/α,β-unsaturated/α-hetero) is 1. The van der Waals surface area contributed by atoms with Crippen LogP contribution in [0.1, 0.15) is 66.7 Å². The Kier molecular flexibility index (Phi) is 4.09. The predicted octanol–water partition coefficient (Wildman–Crippen LogP) is 3.80. The zero-order valence-corrected chi connectivity index (χ0v) is 17.2. The third-order valence-corrected chi connectivity index (χ3v) is 8.39. The fourth-order valence-corrected chi connectivity index (χ4v) is 6.76. The van der Waals surface area contributed by atoms with Gasteiger partial charge in [0.2, 0.25) is 0 Å². The number of hydrogen-bond donors (Lipinski definition) is 0. The van der Waals surface area contributed by atoms with Gasteiger partial charge in [-0.3, -0.25) is 9.59 Å². The SMILES string of the molecule is CC(=O)OC1CCC2(C)C(CC(=O)C(C)C23CCC2(C=COC2)O3)C1(C)C. The number of carbonyl (C=O) groups is 2. The van der Waals surface area contributed by atoms with Gasteiger partial charge in [0.25, 0.3) is 0 Å². The minimum atomic E-state index is -0.483. The summed E-state index contributed by atoms with van der Waals surface area (Å²) in [6.07, 6.45) is 7.61. The highest BCUT2D eigenvalue weighted by molar-refractivity contribution is 5.84. The van der Waals surface area contributed by atoms with Crippen molar-refractivity contribution in [2.75, 3.05) is 6.61 Å². The lowest BCUT2D eigenvalue weighted by atomic mass is 9.43. The highest BCUT2D eigenvalue weighted by Gasteiger charge is 2.70. The lowest BCUT2D eigenvalue weighted by Crippen LogP contribution is -2.67. The molecule has 2 heterocycles. The highest BCUT2D eigenvalue weighted by Crippen LogP contribution is 2.67. The summed E-state index contributed by atoms with van der Waals surface area (Å²) in [4.78, 5) is 24.8. The van der Waals surface area contributed by atoms with E-state index in [2.05, 4.69) is 20.8 Å². The molecule has 0 radical (unpaired) electrons. The van der Waals surface area contributed by atoms with Gasteiger partial charge in [0, 0.05) is 30.1 Å². The summed E-state index contributed by atoms with van der Waals surface area (Å²) in [6, 6.07) is 0. The predicted molar refractivity (Wildman–Crippen MR) is 99.8 cm³/mol. The fraction of sp³-hybridized carbons (Fsp3) is 0.818. The molecule has 5 nitrogen and oxygen atoms in total. The molecule has 0 amide bonds. The van der Waals surface area contributed by atoms with Crippen LogP contribution in [-0.2, 0) is 23.8 Å². The normalized spacial score (nSPS) is 47.9. The van der Waals surface area contributed by atoms with Crippen LogP contribution in [-0.4, -0.2) is 35.7 Å². The molecule has 2 saturated carbocycles. The van der Waals surface area contributed by atoms with E-state index in [0.29, 0.717) is 13.0 Å². The summed E-state index contributed by atoms with van der Waals surface area (Å²) in [5.74, 6) is 0.0154. The van der Waals surface area contributed by atoms with Gasteiger partial charge in [0.05, 0.1) is 11.9 Å². The van der Waals surface area contributed by atoms with Gasteiger partial charge in [-0.15, -0.1) is 0 Å².